The molecule has 0 saturated heterocycles. The third-order valence-electron chi connectivity index (χ3n) is 5.37. The molecule has 0 radical (unpaired) electrons. The van der Waals surface area contributed by atoms with Crippen LogP contribution in [0.15, 0.2) is 51.4 Å². The predicted molar refractivity (Wildman–Crippen MR) is 121 cm³/mol. The number of nitrogens with two attached hydrogens (primary N) is 1. The summed E-state index contributed by atoms with van der Waals surface area (Å²) in [7, 11) is 1.60. The lowest BCUT2D eigenvalue weighted by molar-refractivity contribution is 0.0777. The summed E-state index contributed by atoms with van der Waals surface area (Å²) in [4.78, 5) is 22.6. The van der Waals surface area contributed by atoms with Gasteiger partial charge in [-0.05, 0) is 31.9 Å². The van der Waals surface area contributed by atoms with Crippen LogP contribution in [0.3, 0.4) is 0 Å². The average Bonchev–Trinajstić information content (AvgIpc) is 3.41. The molecule has 1 atom stereocenters. The fourth-order valence-corrected chi connectivity index (χ4v) is 3.59. The summed E-state index contributed by atoms with van der Waals surface area (Å²) >= 11 is 0. The van der Waals surface area contributed by atoms with Crippen LogP contribution in [0.4, 0.5) is 4.39 Å². The van der Waals surface area contributed by atoms with Gasteiger partial charge in [0.15, 0.2) is 11.7 Å². The number of hydrogen-bond donors (Lipinski definition) is 1. The number of halogens is 1. The average molecular weight is 465 g/mol. The predicted octanol–water partition coefficient (Wildman–Crippen LogP) is 3.56. The molecule has 0 aliphatic rings. The van der Waals surface area contributed by atoms with Gasteiger partial charge < -0.3 is 19.5 Å². The zero-order chi connectivity index (χ0) is 24.5. The quantitative estimate of drug-likeness (QED) is 0.440. The van der Waals surface area contributed by atoms with Crippen LogP contribution in [0.25, 0.3) is 11.5 Å². The van der Waals surface area contributed by atoms with Gasteiger partial charge in [-0.25, -0.2) is 14.4 Å². The van der Waals surface area contributed by atoms with Gasteiger partial charge in [-0.2, -0.15) is 0 Å². The zero-order valence-electron chi connectivity index (χ0n) is 19.4. The second-order valence-corrected chi connectivity index (χ2v) is 8.44. The number of hydrogen-bond acceptors (Lipinski definition) is 8. The van der Waals surface area contributed by atoms with E-state index >= 15 is 0 Å². The van der Waals surface area contributed by atoms with Crippen LogP contribution in [0, 0.1) is 19.7 Å². The van der Waals surface area contributed by atoms with Crippen LogP contribution < -0.4 is 5.73 Å². The molecule has 0 aliphatic carbocycles. The van der Waals surface area contributed by atoms with Gasteiger partial charge in [0.05, 0.1) is 23.8 Å². The summed E-state index contributed by atoms with van der Waals surface area (Å²) in [6.07, 6.45) is 1.40. The second kappa shape index (κ2) is 9.14. The molecule has 10 heteroatoms. The van der Waals surface area contributed by atoms with Crippen LogP contribution in [-0.4, -0.2) is 38.0 Å². The lowest BCUT2D eigenvalue weighted by Crippen LogP contribution is -2.35. The Labute approximate surface area is 195 Å². The molecule has 3 aromatic heterocycles. The molecule has 34 heavy (non-hydrogen) atoms. The van der Waals surface area contributed by atoms with E-state index in [4.69, 9.17) is 14.6 Å². The highest BCUT2D eigenvalue weighted by molar-refractivity contribution is 5.93. The van der Waals surface area contributed by atoms with Crippen LogP contribution in [0.2, 0.25) is 0 Å². The van der Waals surface area contributed by atoms with Crippen LogP contribution in [-0.2, 0) is 18.5 Å². The molecule has 2 N–H and O–H groups in total. The molecule has 0 unspecified atom stereocenters. The van der Waals surface area contributed by atoms with E-state index in [0.29, 0.717) is 23.8 Å². The molecule has 0 bridgehead atoms. The minimum atomic E-state index is -0.970. The van der Waals surface area contributed by atoms with Crippen LogP contribution in [0.5, 0.6) is 0 Å². The van der Waals surface area contributed by atoms with Crippen molar-refractivity contribution in [2.24, 2.45) is 5.73 Å². The fourth-order valence-electron chi connectivity index (χ4n) is 3.59. The van der Waals surface area contributed by atoms with E-state index in [1.54, 1.807) is 27.8 Å². The van der Waals surface area contributed by atoms with Gasteiger partial charge in [0.2, 0.25) is 5.89 Å². The maximum absolute atomic E-state index is 14.6. The Hall–Kier alpha value is -3.92. The number of aryl methyl sites for hydroxylation is 2. The highest BCUT2D eigenvalue weighted by Crippen LogP contribution is 2.27. The Morgan fingerprint density at radius 2 is 1.91 bits per heavy atom. The Morgan fingerprint density at radius 1 is 1.18 bits per heavy atom. The molecule has 0 fully saturated rings. The summed E-state index contributed by atoms with van der Waals surface area (Å²) in [5, 5.41) is 8.01. The Bertz CT molecular complexity index is 1320. The molecule has 0 aliphatic heterocycles. The first-order chi connectivity index (χ1) is 16.1. The molecule has 0 saturated carbocycles. The molecule has 9 nitrogen and oxygen atoms in total. The molecule has 1 amide bonds. The van der Waals surface area contributed by atoms with Gasteiger partial charge in [0.25, 0.3) is 11.8 Å². The van der Waals surface area contributed by atoms with Crippen molar-refractivity contribution in [2.75, 3.05) is 7.05 Å². The first kappa shape index (κ1) is 23.2. The Kier molecular flexibility index (Phi) is 6.25. The number of aromatic nitrogens is 4. The number of oxazole rings is 1. The number of benzene rings is 1. The number of amides is 1. The first-order valence-corrected chi connectivity index (χ1v) is 10.6. The van der Waals surface area contributed by atoms with E-state index in [1.807, 2.05) is 30.3 Å². The molecular weight excluding hydrogens is 439 g/mol. The summed E-state index contributed by atoms with van der Waals surface area (Å²) in [5.74, 6) is 0.0993. The topological polar surface area (TPSA) is 124 Å². The number of pyridine rings is 1. The lowest BCUT2D eigenvalue weighted by atomic mass is 9.94. The SMILES string of the molecule is Cc1nc(CN(C)C(=O)c2cc(-c3nnc([C@](C)(N)Cc4ccccc4)o3)c(F)cn2)c(C)o1. The van der Waals surface area contributed by atoms with Crippen molar-refractivity contribution in [3.63, 3.8) is 0 Å². The minimum absolute atomic E-state index is 0.0244. The standard InChI is InChI=1S/C24H25FN6O3/c1-14-20(28-15(2)33-14)13-31(4)22(32)19-10-17(18(25)12-27-19)21-29-30-23(34-21)24(3,26)11-16-8-6-5-7-9-16/h5-10,12H,11,13,26H2,1-4H3/t24-/m1/s1. The van der Waals surface area contributed by atoms with Gasteiger partial charge in [0.1, 0.15) is 17.1 Å². The summed E-state index contributed by atoms with van der Waals surface area (Å²) in [6, 6.07) is 10.9. The van der Waals surface area contributed by atoms with Gasteiger partial charge in [0, 0.05) is 14.0 Å². The van der Waals surface area contributed by atoms with E-state index in [-0.39, 0.29) is 29.6 Å². The highest BCUT2D eigenvalue weighted by Gasteiger charge is 2.30. The van der Waals surface area contributed by atoms with E-state index < -0.39 is 17.3 Å². The van der Waals surface area contributed by atoms with Crippen molar-refractivity contribution >= 4 is 5.91 Å². The van der Waals surface area contributed by atoms with Crippen molar-refractivity contribution in [3.8, 4) is 11.5 Å². The van der Waals surface area contributed by atoms with E-state index in [0.717, 1.165) is 11.8 Å². The zero-order valence-corrected chi connectivity index (χ0v) is 19.4. The molecule has 4 rings (SSSR count). The smallest absolute Gasteiger partial charge is 0.272 e. The third kappa shape index (κ3) is 4.86. The van der Waals surface area contributed by atoms with Crippen molar-refractivity contribution in [1.82, 2.24) is 25.1 Å². The molecule has 1 aromatic carbocycles. The van der Waals surface area contributed by atoms with Gasteiger partial charge in [-0.3, -0.25) is 4.79 Å². The summed E-state index contributed by atoms with van der Waals surface area (Å²) in [6.45, 7) is 5.48. The monoisotopic (exact) mass is 464 g/mol. The van der Waals surface area contributed by atoms with Crippen molar-refractivity contribution in [1.29, 1.82) is 0 Å². The molecular formula is C24H25FN6O3. The van der Waals surface area contributed by atoms with Gasteiger partial charge in [-0.1, -0.05) is 30.3 Å². The number of carbonyl (C=O) groups excluding carboxylic acids is 1. The van der Waals surface area contributed by atoms with Crippen molar-refractivity contribution < 1.29 is 18.0 Å². The Morgan fingerprint density at radius 3 is 2.59 bits per heavy atom. The summed E-state index contributed by atoms with van der Waals surface area (Å²) in [5.41, 5.74) is 7.08. The maximum Gasteiger partial charge on any atom is 0.272 e. The van der Waals surface area contributed by atoms with E-state index in [2.05, 4.69) is 20.2 Å². The van der Waals surface area contributed by atoms with E-state index in [1.165, 1.54) is 11.0 Å². The number of carbonyl (C=O) groups is 1. The van der Waals surface area contributed by atoms with Crippen molar-refractivity contribution in [3.05, 3.63) is 82.9 Å². The van der Waals surface area contributed by atoms with Crippen molar-refractivity contribution in [2.45, 2.75) is 39.3 Å². The van der Waals surface area contributed by atoms with Crippen LogP contribution >= 0.6 is 0 Å². The molecule has 0 spiro atoms. The van der Waals surface area contributed by atoms with E-state index in [9.17, 15) is 9.18 Å². The molecule has 3 heterocycles. The molecule has 4 aromatic rings. The van der Waals surface area contributed by atoms with Gasteiger partial charge >= 0.3 is 0 Å². The molecule has 176 valence electrons. The fraction of sp³-hybridized carbons (Fsp3) is 0.292. The number of rotatable bonds is 7. The minimum Gasteiger partial charge on any atom is -0.446 e. The third-order valence-corrected chi connectivity index (χ3v) is 5.37. The Balaban J connectivity index is 1.56. The maximum atomic E-state index is 14.6. The summed E-state index contributed by atoms with van der Waals surface area (Å²) < 4.78 is 25.7. The number of nitrogens with zero attached hydrogens (tertiary/aromatic N) is 5. The lowest BCUT2D eigenvalue weighted by Gasteiger charge is -2.20. The largest absolute Gasteiger partial charge is 0.446 e. The normalized spacial score (nSPS) is 13.0. The second-order valence-electron chi connectivity index (χ2n) is 8.44. The van der Waals surface area contributed by atoms with Gasteiger partial charge in [-0.15, -0.1) is 10.2 Å². The van der Waals surface area contributed by atoms with Crippen LogP contribution in [0.1, 0.15) is 46.2 Å². The highest BCUT2D eigenvalue weighted by atomic mass is 19.1. The first-order valence-electron chi connectivity index (χ1n) is 10.6.